The van der Waals surface area contributed by atoms with Crippen molar-refractivity contribution in [3.63, 3.8) is 0 Å². The zero-order chi connectivity index (χ0) is 16.7. The molecule has 0 unspecified atom stereocenters. The number of benzene rings is 1. The summed E-state index contributed by atoms with van der Waals surface area (Å²) in [7, 11) is 0. The number of anilines is 1. The van der Waals surface area contributed by atoms with E-state index >= 15 is 0 Å². The molecule has 1 rings (SSSR count). The summed E-state index contributed by atoms with van der Waals surface area (Å²) >= 11 is 11.3. The third kappa shape index (κ3) is 4.96. The first-order valence-electron chi connectivity index (χ1n) is 6.56. The van der Waals surface area contributed by atoms with Crippen molar-refractivity contribution in [3.8, 4) is 5.75 Å². The lowest BCUT2D eigenvalue weighted by Gasteiger charge is -2.18. The first kappa shape index (κ1) is 18.4. The fourth-order valence-corrected chi connectivity index (χ4v) is 2.19. The second-order valence-corrected chi connectivity index (χ2v) is 5.24. The van der Waals surface area contributed by atoms with Crippen molar-refractivity contribution < 1.29 is 19.1 Å². The molecule has 2 amide bonds. The van der Waals surface area contributed by atoms with Gasteiger partial charge in [0, 0.05) is 11.4 Å². The van der Waals surface area contributed by atoms with Crippen molar-refractivity contribution in [2.24, 2.45) is 5.73 Å². The van der Waals surface area contributed by atoms with E-state index in [-0.39, 0.29) is 24.1 Å². The number of primary amides is 1. The number of amides is 2. The molecule has 1 aromatic rings. The van der Waals surface area contributed by atoms with E-state index in [4.69, 9.17) is 38.4 Å². The van der Waals surface area contributed by atoms with Crippen molar-refractivity contribution in [2.75, 3.05) is 23.7 Å². The zero-order valence-electron chi connectivity index (χ0n) is 12.4. The van der Waals surface area contributed by atoms with E-state index in [0.717, 1.165) is 11.1 Å². The molecular weight excluding hydrogens is 331 g/mol. The second kappa shape index (κ2) is 8.70. The minimum atomic E-state index is -0.935. The van der Waals surface area contributed by atoms with Gasteiger partial charge in [-0.2, -0.15) is 0 Å². The van der Waals surface area contributed by atoms with Gasteiger partial charge in [0.05, 0.1) is 11.6 Å². The van der Waals surface area contributed by atoms with Crippen LogP contribution in [0.1, 0.15) is 16.7 Å². The fraction of sp³-hybridized carbons (Fsp3) is 0.429. The summed E-state index contributed by atoms with van der Waals surface area (Å²) in [5, 5.41) is 2.64. The monoisotopic (exact) mass is 348 g/mol. The molecule has 0 fully saturated rings. The quantitative estimate of drug-likeness (QED) is 0.771. The van der Waals surface area contributed by atoms with Gasteiger partial charge in [0.2, 0.25) is 0 Å². The lowest BCUT2D eigenvalue weighted by molar-refractivity contribution is 0.168. The van der Waals surface area contributed by atoms with Gasteiger partial charge >= 0.3 is 12.2 Å². The molecule has 1 aromatic carbocycles. The number of carbonyl (C=O) groups excluding carboxylic acids is 2. The molecule has 0 bridgehead atoms. The Bertz CT molecular complexity index is 564. The zero-order valence-corrected chi connectivity index (χ0v) is 13.9. The van der Waals surface area contributed by atoms with Gasteiger partial charge in [0.25, 0.3) is 0 Å². The number of ether oxygens (including phenoxy) is 2. The number of halogens is 2. The van der Waals surface area contributed by atoms with Gasteiger partial charge in [-0.25, -0.2) is 9.59 Å². The lowest BCUT2D eigenvalue weighted by Crippen LogP contribution is -2.20. The average Bonchev–Trinajstić information content (AvgIpc) is 2.45. The van der Waals surface area contributed by atoms with Crippen LogP contribution >= 0.6 is 23.2 Å². The molecular formula is C14H18Cl2N2O4. The molecule has 0 radical (unpaired) electrons. The standard InChI is InChI=1S/C14H18Cl2N2O4/c1-8-7-11(22-13(17)19)10(3-4-15)12(9(8)2)18-14(20)21-6-5-16/h7H,3-6H2,1-2H3,(H2,17,19)(H,18,20). The topological polar surface area (TPSA) is 90.6 Å². The molecule has 0 spiro atoms. The third-order valence-electron chi connectivity index (χ3n) is 3.01. The molecule has 0 saturated heterocycles. The van der Waals surface area contributed by atoms with Crippen molar-refractivity contribution in [1.29, 1.82) is 0 Å². The van der Waals surface area contributed by atoms with E-state index < -0.39 is 12.2 Å². The highest BCUT2D eigenvalue weighted by atomic mass is 35.5. The molecule has 22 heavy (non-hydrogen) atoms. The summed E-state index contributed by atoms with van der Waals surface area (Å²) in [6.45, 7) is 3.74. The largest absolute Gasteiger partial charge is 0.448 e. The minimum absolute atomic E-state index is 0.0910. The number of hydrogen-bond donors (Lipinski definition) is 2. The Labute approximate surface area is 138 Å². The van der Waals surface area contributed by atoms with Gasteiger partial charge in [-0.05, 0) is 37.5 Å². The summed E-state index contributed by atoms with van der Waals surface area (Å²) in [5.74, 6) is 0.747. The van der Waals surface area contributed by atoms with Gasteiger partial charge in [-0.1, -0.05) is 0 Å². The van der Waals surface area contributed by atoms with Gasteiger partial charge in [-0.3, -0.25) is 5.32 Å². The predicted octanol–water partition coefficient (Wildman–Crippen LogP) is 3.33. The van der Waals surface area contributed by atoms with Crippen molar-refractivity contribution in [3.05, 3.63) is 22.8 Å². The first-order valence-corrected chi connectivity index (χ1v) is 7.63. The van der Waals surface area contributed by atoms with E-state index in [0.29, 0.717) is 17.7 Å². The van der Waals surface area contributed by atoms with Crippen LogP contribution in [0.25, 0.3) is 0 Å². The van der Waals surface area contributed by atoms with Crippen LogP contribution in [0, 0.1) is 13.8 Å². The van der Waals surface area contributed by atoms with Crippen LogP contribution in [0.2, 0.25) is 0 Å². The number of hydrogen-bond acceptors (Lipinski definition) is 4. The number of nitrogens with two attached hydrogens (primary N) is 1. The summed E-state index contributed by atoms with van der Waals surface area (Å²) in [6, 6.07) is 1.68. The summed E-state index contributed by atoms with van der Waals surface area (Å²) in [5.41, 5.74) is 7.79. The highest BCUT2D eigenvalue weighted by molar-refractivity contribution is 6.18. The number of aryl methyl sites for hydroxylation is 1. The molecule has 0 heterocycles. The SMILES string of the molecule is Cc1cc(OC(N)=O)c(CCCl)c(NC(=O)OCCCl)c1C. The smallest absolute Gasteiger partial charge is 0.411 e. The van der Waals surface area contributed by atoms with Crippen LogP contribution in [0.4, 0.5) is 15.3 Å². The average molecular weight is 349 g/mol. The Kier molecular flexibility index (Phi) is 7.27. The number of nitrogens with one attached hydrogen (secondary N) is 1. The lowest BCUT2D eigenvalue weighted by atomic mass is 10.00. The molecule has 3 N–H and O–H groups in total. The van der Waals surface area contributed by atoms with Gasteiger partial charge < -0.3 is 15.2 Å². The molecule has 0 aromatic heterocycles. The second-order valence-electron chi connectivity index (χ2n) is 4.48. The Morgan fingerprint density at radius 1 is 1.27 bits per heavy atom. The summed E-state index contributed by atoms with van der Waals surface area (Å²) < 4.78 is 9.90. The maximum Gasteiger partial charge on any atom is 0.411 e. The van der Waals surface area contributed by atoms with E-state index in [1.54, 1.807) is 6.07 Å². The van der Waals surface area contributed by atoms with E-state index in [9.17, 15) is 9.59 Å². The first-order chi connectivity index (χ1) is 10.4. The molecule has 6 nitrogen and oxygen atoms in total. The molecule has 122 valence electrons. The van der Waals surface area contributed by atoms with Crippen LogP contribution in [0.5, 0.6) is 5.75 Å². The molecule has 0 atom stereocenters. The van der Waals surface area contributed by atoms with Crippen molar-refractivity contribution >= 4 is 41.1 Å². The van der Waals surface area contributed by atoms with E-state index in [2.05, 4.69) is 5.32 Å². The maximum atomic E-state index is 11.8. The third-order valence-corrected chi connectivity index (χ3v) is 3.35. The van der Waals surface area contributed by atoms with E-state index in [1.807, 2.05) is 13.8 Å². The highest BCUT2D eigenvalue weighted by Crippen LogP contribution is 2.33. The van der Waals surface area contributed by atoms with Gasteiger partial charge in [0.1, 0.15) is 12.4 Å². The molecule has 0 aliphatic heterocycles. The highest BCUT2D eigenvalue weighted by Gasteiger charge is 2.18. The number of rotatable bonds is 6. The van der Waals surface area contributed by atoms with Crippen molar-refractivity contribution in [2.45, 2.75) is 20.3 Å². The van der Waals surface area contributed by atoms with Crippen LogP contribution in [-0.2, 0) is 11.2 Å². The summed E-state index contributed by atoms with van der Waals surface area (Å²) in [4.78, 5) is 22.8. The van der Waals surface area contributed by atoms with Crippen LogP contribution in [0.3, 0.4) is 0 Å². The maximum absolute atomic E-state index is 11.8. The van der Waals surface area contributed by atoms with Crippen LogP contribution < -0.4 is 15.8 Å². The van der Waals surface area contributed by atoms with E-state index in [1.165, 1.54) is 0 Å². The van der Waals surface area contributed by atoms with Gasteiger partial charge in [0.15, 0.2) is 0 Å². The Hall–Kier alpha value is -1.66. The normalized spacial score (nSPS) is 10.2. The Morgan fingerprint density at radius 3 is 2.50 bits per heavy atom. The fourth-order valence-electron chi connectivity index (χ4n) is 1.92. The number of alkyl halides is 2. The Balaban J connectivity index is 3.23. The van der Waals surface area contributed by atoms with Crippen LogP contribution in [0.15, 0.2) is 6.07 Å². The molecule has 0 aliphatic carbocycles. The molecule has 0 saturated carbocycles. The number of carbonyl (C=O) groups is 2. The Morgan fingerprint density at radius 2 is 1.95 bits per heavy atom. The minimum Gasteiger partial charge on any atom is -0.448 e. The van der Waals surface area contributed by atoms with Crippen molar-refractivity contribution in [1.82, 2.24) is 0 Å². The predicted molar refractivity (Wildman–Crippen MR) is 86.2 cm³/mol. The summed E-state index contributed by atoms with van der Waals surface area (Å²) in [6.07, 6.45) is -1.19. The van der Waals surface area contributed by atoms with Gasteiger partial charge in [-0.15, -0.1) is 23.2 Å². The molecule has 8 heteroatoms. The van der Waals surface area contributed by atoms with Crippen LogP contribution in [-0.4, -0.2) is 30.6 Å². The molecule has 0 aliphatic rings.